The van der Waals surface area contributed by atoms with E-state index in [4.69, 9.17) is 16.7 Å². The maximum atomic E-state index is 13.2. The highest BCUT2D eigenvalue weighted by atomic mass is 35.5. The summed E-state index contributed by atoms with van der Waals surface area (Å²) >= 11 is 6.06. The third kappa shape index (κ3) is 2.74. The predicted molar refractivity (Wildman–Crippen MR) is 72.2 cm³/mol. The number of hydrogen-bond donors (Lipinski definition) is 1. The summed E-state index contributed by atoms with van der Waals surface area (Å²) in [5, 5.41) is 9.51. The van der Waals surface area contributed by atoms with Crippen LogP contribution in [0.5, 0.6) is 0 Å². The number of carboxylic acid groups (broad SMARTS) is 1. The normalized spacial score (nSPS) is 25.0. The molecule has 1 fully saturated rings. The van der Waals surface area contributed by atoms with Gasteiger partial charge in [-0.15, -0.1) is 0 Å². The number of carboxylic acids is 1. The topological polar surface area (TPSA) is 40.5 Å². The van der Waals surface area contributed by atoms with Crippen molar-refractivity contribution in [3.05, 3.63) is 34.9 Å². The van der Waals surface area contributed by atoms with E-state index in [0.29, 0.717) is 10.6 Å². The van der Waals surface area contributed by atoms with Gasteiger partial charge in [-0.2, -0.15) is 13.2 Å². The summed E-state index contributed by atoms with van der Waals surface area (Å²) in [6, 6.07) is 6.52. The highest BCUT2D eigenvalue weighted by molar-refractivity contribution is 6.31. The molecule has 1 saturated heterocycles. The molecule has 1 aromatic rings. The minimum atomic E-state index is -4.77. The molecule has 0 aliphatic carbocycles. The number of rotatable bonds is 3. The fraction of sp³-hybridized carbons (Fsp3) is 0.500. The Morgan fingerprint density at radius 2 is 2.05 bits per heavy atom. The number of halogens is 4. The zero-order valence-electron chi connectivity index (χ0n) is 11.3. The maximum absolute atomic E-state index is 13.2. The van der Waals surface area contributed by atoms with Gasteiger partial charge in [0.15, 0.2) is 5.41 Å². The Kier molecular flexibility index (Phi) is 4.22. The van der Waals surface area contributed by atoms with Gasteiger partial charge in [-0.3, -0.25) is 9.69 Å². The number of nitrogens with zero attached hydrogens (tertiary/aromatic N) is 1. The molecule has 1 N–H and O–H groups in total. The first kappa shape index (κ1) is 16.1. The van der Waals surface area contributed by atoms with Crippen LogP contribution in [-0.4, -0.2) is 35.2 Å². The number of benzene rings is 1. The van der Waals surface area contributed by atoms with Crippen LogP contribution in [0.1, 0.15) is 24.9 Å². The van der Waals surface area contributed by atoms with Gasteiger partial charge in [-0.1, -0.05) is 29.8 Å². The standard InChI is InChI=1S/C14H15ClF3NO2/c1-9(10-4-2-3-5-11(10)15)19-7-6-13(8-19,12(20)21)14(16,17)18/h2-5,9H,6-8H2,1H3,(H,20,21). The molecule has 1 aliphatic rings. The van der Waals surface area contributed by atoms with Crippen molar-refractivity contribution in [3.63, 3.8) is 0 Å². The van der Waals surface area contributed by atoms with E-state index in [-0.39, 0.29) is 12.6 Å². The van der Waals surface area contributed by atoms with Crippen molar-refractivity contribution in [2.24, 2.45) is 5.41 Å². The van der Waals surface area contributed by atoms with Crippen molar-refractivity contribution in [3.8, 4) is 0 Å². The quantitative estimate of drug-likeness (QED) is 0.922. The van der Waals surface area contributed by atoms with E-state index in [1.54, 1.807) is 31.2 Å². The van der Waals surface area contributed by atoms with Crippen molar-refractivity contribution in [2.45, 2.75) is 25.6 Å². The van der Waals surface area contributed by atoms with E-state index in [1.165, 1.54) is 4.90 Å². The van der Waals surface area contributed by atoms with E-state index in [2.05, 4.69) is 0 Å². The Morgan fingerprint density at radius 3 is 2.52 bits per heavy atom. The Hall–Kier alpha value is -1.27. The second-order valence-electron chi connectivity index (χ2n) is 5.30. The molecule has 2 atom stereocenters. The highest BCUT2D eigenvalue weighted by Crippen LogP contribution is 2.47. The first-order valence-electron chi connectivity index (χ1n) is 6.47. The molecule has 1 aliphatic heterocycles. The van der Waals surface area contributed by atoms with Crippen molar-refractivity contribution in [1.82, 2.24) is 4.90 Å². The zero-order chi connectivity index (χ0) is 15.8. The summed E-state index contributed by atoms with van der Waals surface area (Å²) in [5.41, 5.74) is -2.00. The smallest absolute Gasteiger partial charge is 0.406 e. The first-order valence-corrected chi connectivity index (χ1v) is 6.85. The molecule has 2 rings (SSSR count). The van der Waals surface area contributed by atoms with Gasteiger partial charge in [0.2, 0.25) is 0 Å². The molecule has 0 radical (unpaired) electrons. The molecule has 21 heavy (non-hydrogen) atoms. The lowest BCUT2D eigenvalue weighted by Gasteiger charge is -2.30. The minimum Gasteiger partial charge on any atom is -0.481 e. The summed E-state index contributed by atoms with van der Waals surface area (Å²) in [5.74, 6) is -1.82. The van der Waals surface area contributed by atoms with Gasteiger partial charge >= 0.3 is 12.1 Å². The van der Waals surface area contributed by atoms with Gasteiger partial charge < -0.3 is 5.11 Å². The molecule has 1 heterocycles. The van der Waals surface area contributed by atoms with Gasteiger partial charge in [-0.05, 0) is 25.0 Å². The lowest BCUT2D eigenvalue weighted by molar-refractivity contribution is -0.227. The van der Waals surface area contributed by atoms with Crippen LogP contribution in [0.3, 0.4) is 0 Å². The average Bonchev–Trinajstić information content (AvgIpc) is 2.84. The lowest BCUT2D eigenvalue weighted by atomic mass is 9.86. The number of aliphatic carboxylic acids is 1. The zero-order valence-corrected chi connectivity index (χ0v) is 12.1. The van der Waals surface area contributed by atoms with Crippen molar-refractivity contribution in [2.75, 3.05) is 13.1 Å². The van der Waals surface area contributed by atoms with Crippen LogP contribution < -0.4 is 0 Å². The summed E-state index contributed by atoms with van der Waals surface area (Å²) in [4.78, 5) is 12.7. The maximum Gasteiger partial charge on any atom is 0.406 e. The van der Waals surface area contributed by atoms with Crippen LogP contribution in [0.15, 0.2) is 24.3 Å². The third-order valence-electron chi connectivity index (χ3n) is 4.15. The molecule has 0 amide bonds. The van der Waals surface area contributed by atoms with Gasteiger partial charge in [0, 0.05) is 24.2 Å². The highest BCUT2D eigenvalue weighted by Gasteiger charge is 2.63. The van der Waals surface area contributed by atoms with Gasteiger partial charge in [0.1, 0.15) is 0 Å². The number of likely N-dealkylation sites (tertiary alicyclic amines) is 1. The number of hydrogen-bond acceptors (Lipinski definition) is 2. The largest absolute Gasteiger partial charge is 0.481 e. The van der Waals surface area contributed by atoms with Crippen molar-refractivity contribution in [1.29, 1.82) is 0 Å². The van der Waals surface area contributed by atoms with Crippen LogP contribution in [0, 0.1) is 5.41 Å². The first-order chi connectivity index (χ1) is 9.69. The molecule has 0 spiro atoms. The van der Waals surface area contributed by atoms with Crippen molar-refractivity contribution >= 4 is 17.6 Å². The summed E-state index contributed by atoms with van der Waals surface area (Å²) in [6.07, 6.45) is -5.21. The average molecular weight is 322 g/mol. The Labute approximate surface area is 125 Å². The molecular weight excluding hydrogens is 307 g/mol. The van der Waals surface area contributed by atoms with Crippen LogP contribution in [0.2, 0.25) is 5.02 Å². The molecule has 0 aromatic heterocycles. The SMILES string of the molecule is CC(c1ccccc1Cl)N1CCC(C(=O)O)(C(F)(F)F)C1. The fourth-order valence-corrected chi connectivity index (χ4v) is 3.00. The second-order valence-corrected chi connectivity index (χ2v) is 5.71. The van der Waals surface area contributed by atoms with Gasteiger partial charge in [-0.25, -0.2) is 0 Å². The van der Waals surface area contributed by atoms with Gasteiger partial charge in [0.05, 0.1) is 0 Å². The molecule has 3 nitrogen and oxygen atoms in total. The third-order valence-corrected chi connectivity index (χ3v) is 4.50. The molecule has 0 saturated carbocycles. The lowest BCUT2D eigenvalue weighted by Crippen LogP contribution is -2.47. The van der Waals surface area contributed by atoms with Crippen molar-refractivity contribution < 1.29 is 23.1 Å². The van der Waals surface area contributed by atoms with E-state index >= 15 is 0 Å². The molecule has 7 heteroatoms. The van der Waals surface area contributed by atoms with Crippen LogP contribution in [-0.2, 0) is 4.79 Å². The summed E-state index contributed by atoms with van der Waals surface area (Å²) < 4.78 is 39.5. The monoisotopic (exact) mass is 321 g/mol. The Balaban J connectivity index is 2.26. The molecule has 0 bridgehead atoms. The fourth-order valence-electron chi connectivity index (χ4n) is 2.71. The molecular formula is C14H15ClF3NO2. The predicted octanol–water partition coefficient (Wildman–Crippen LogP) is 3.74. The second kappa shape index (κ2) is 5.50. The Morgan fingerprint density at radius 1 is 1.43 bits per heavy atom. The molecule has 1 aromatic carbocycles. The number of alkyl halides is 3. The molecule has 2 unspecified atom stereocenters. The van der Waals surface area contributed by atoms with E-state index in [9.17, 15) is 18.0 Å². The van der Waals surface area contributed by atoms with Crippen LogP contribution >= 0.6 is 11.6 Å². The minimum absolute atomic E-state index is 0.0677. The van der Waals surface area contributed by atoms with Crippen LogP contribution in [0.4, 0.5) is 13.2 Å². The van der Waals surface area contributed by atoms with E-state index < -0.39 is 30.5 Å². The number of carbonyl (C=O) groups is 1. The molecule has 116 valence electrons. The van der Waals surface area contributed by atoms with E-state index in [0.717, 1.165) is 0 Å². The summed E-state index contributed by atoms with van der Waals surface area (Å²) in [7, 11) is 0. The van der Waals surface area contributed by atoms with E-state index in [1.807, 2.05) is 0 Å². The summed E-state index contributed by atoms with van der Waals surface area (Å²) in [6.45, 7) is 1.24. The Bertz CT molecular complexity index is 549. The van der Waals surface area contributed by atoms with Crippen LogP contribution in [0.25, 0.3) is 0 Å². The van der Waals surface area contributed by atoms with Gasteiger partial charge in [0.25, 0.3) is 0 Å².